The molecule has 0 aliphatic carbocycles. The van der Waals surface area contributed by atoms with Crippen molar-refractivity contribution >= 4 is 39.9 Å². The lowest BCUT2D eigenvalue weighted by molar-refractivity contribution is 0.0961. The highest BCUT2D eigenvalue weighted by Gasteiger charge is 2.45. The van der Waals surface area contributed by atoms with Gasteiger partial charge >= 0.3 is 0 Å². The van der Waals surface area contributed by atoms with Crippen molar-refractivity contribution < 1.29 is 9.59 Å². The summed E-state index contributed by atoms with van der Waals surface area (Å²) in [6.07, 6.45) is 5.40. The number of aromatic nitrogens is 2. The number of benzene rings is 2. The van der Waals surface area contributed by atoms with Gasteiger partial charge in [0.1, 0.15) is 5.69 Å². The Hall–Kier alpha value is -3.48. The molecule has 35 heavy (non-hydrogen) atoms. The van der Waals surface area contributed by atoms with Crippen LogP contribution in [0.25, 0.3) is 10.9 Å². The molecule has 6 nitrogen and oxygen atoms in total. The van der Waals surface area contributed by atoms with Gasteiger partial charge in [-0.2, -0.15) is 0 Å². The fourth-order valence-corrected chi connectivity index (χ4v) is 5.79. The SMILES string of the molecule is O=C(Cn1cc(C(=O)N2CC3(CCNCC3)c3ccccc32)c2ccc(Cl)cc21)c1ccccn1. The average Bonchev–Trinajstić information content (AvgIpc) is 3.40. The Labute approximate surface area is 208 Å². The highest BCUT2D eigenvalue weighted by molar-refractivity contribution is 6.31. The number of hydrogen-bond acceptors (Lipinski definition) is 4. The normalized spacial score (nSPS) is 16.5. The summed E-state index contributed by atoms with van der Waals surface area (Å²) in [5.41, 5.74) is 3.95. The number of piperidine rings is 1. The van der Waals surface area contributed by atoms with Crippen molar-refractivity contribution in [3.63, 3.8) is 0 Å². The van der Waals surface area contributed by atoms with E-state index in [1.165, 1.54) is 5.56 Å². The second-order valence-electron chi connectivity index (χ2n) is 9.41. The van der Waals surface area contributed by atoms with Gasteiger partial charge < -0.3 is 14.8 Å². The van der Waals surface area contributed by atoms with Gasteiger partial charge in [-0.25, -0.2) is 0 Å². The molecule has 4 heterocycles. The van der Waals surface area contributed by atoms with Crippen LogP contribution < -0.4 is 10.2 Å². The molecule has 7 heteroatoms. The van der Waals surface area contributed by atoms with E-state index in [1.54, 1.807) is 36.7 Å². The highest BCUT2D eigenvalue weighted by atomic mass is 35.5. The van der Waals surface area contributed by atoms with E-state index in [4.69, 9.17) is 11.6 Å². The molecular formula is C28H25ClN4O2. The van der Waals surface area contributed by atoms with E-state index in [9.17, 15) is 9.59 Å². The minimum Gasteiger partial charge on any atom is -0.339 e. The van der Waals surface area contributed by atoms with E-state index in [-0.39, 0.29) is 23.7 Å². The first-order valence-corrected chi connectivity index (χ1v) is 12.3. The van der Waals surface area contributed by atoms with Crippen molar-refractivity contribution in [2.45, 2.75) is 24.8 Å². The predicted molar refractivity (Wildman–Crippen MR) is 137 cm³/mol. The van der Waals surface area contributed by atoms with Gasteiger partial charge in [0.05, 0.1) is 17.6 Å². The maximum absolute atomic E-state index is 14.1. The second-order valence-corrected chi connectivity index (χ2v) is 9.85. The maximum Gasteiger partial charge on any atom is 0.260 e. The van der Waals surface area contributed by atoms with E-state index in [0.29, 0.717) is 22.8 Å². The fraction of sp³-hybridized carbons (Fsp3) is 0.250. The molecule has 0 radical (unpaired) electrons. The molecule has 2 aliphatic heterocycles. The van der Waals surface area contributed by atoms with Gasteiger partial charge in [0.25, 0.3) is 5.91 Å². The van der Waals surface area contributed by atoms with E-state index >= 15 is 0 Å². The second kappa shape index (κ2) is 8.63. The van der Waals surface area contributed by atoms with E-state index in [1.807, 2.05) is 33.7 Å². The first-order chi connectivity index (χ1) is 17.1. The Morgan fingerprint density at radius 3 is 2.63 bits per heavy atom. The molecule has 1 fully saturated rings. The quantitative estimate of drug-likeness (QED) is 0.420. The van der Waals surface area contributed by atoms with Crippen molar-refractivity contribution in [3.05, 3.63) is 94.9 Å². The van der Waals surface area contributed by atoms with Crippen LogP contribution in [0.1, 0.15) is 39.3 Å². The Morgan fingerprint density at radius 2 is 1.83 bits per heavy atom. The summed E-state index contributed by atoms with van der Waals surface area (Å²) in [5.74, 6) is -0.175. The van der Waals surface area contributed by atoms with Gasteiger partial charge in [-0.05, 0) is 61.8 Å². The third-order valence-electron chi connectivity index (χ3n) is 7.37. The van der Waals surface area contributed by atoms with E-state index in [2.05, 4.69) is 22.4 Å². The van der Waals surface area contributed by atoms with Gasteiger partial charge in [-0.1, -0.05) is 41.9 Å². The van der Waals surface area contributed by atoms with Crippen LogP contribution in [0.3, 0.4) is 0 Å². The number of rotatable bonds is 4. The standard InChI is InChI=1S/C28H25ClN4O2/c29-19-8-9-20-21(16-32(25(20)15-19)17-26(34)23-6-3-4-12-31-23)27(35)33-18-28(10-13-30-14-11-28)22-5-1-2-7-24(22)33/h1-9,12,15-16,30H,10-11,13-14,17-18H2. The molecule has 0 unspecified atom stereocenters. The summed E-state index contributed by atoms with van der Waals surface area (Å²) in [6, 6.07) is 19.0. The van der Waals surface area contributed by atoms with Crippen LogP contribution in [0.4, 0.5) is 5.69 Å². The zero-order valence-electron chi connectivity index (χ0n) is 19.2. The number of hydrogen-bond donors (Lipinski definition) is 1. The molecule has 1 spiro atoms. The molecule has 0 atom stereocenters. The minimum atomic E-state index is -0.123. The number of anilines is 1. The number of para-hydroxylation sites is 1. The van der Waals surface area contributed by atoms with Crippen molar-refractivity contribution in [1.82, 2.24) is 14.9 Å². The molecule has 2 aromatic heterocycles. The summed E-state index contributed by atoms with van der Waals surface area (Å²) in [5, 5.41) is 4.80. The lowest BCUT2D eigenvalue weighted by atomic mass is 9.75. The lowest BCUT2D eigenvalue weighted by Gasteiger charge is -2.34. The van der Waals surface area contributed by atoms with Crippen LogP contribution in [0.2, 0.25) is 5.02 Å². The number of carbonyl (C=O) groups excluding carboxylic acids is 2. The van der Waals surface area contributed by atoms with Gasteiger partial charge in [0, 0.05) is 40.4 Å². The van der Waals surface area contributed by atoms with Gasteiger partial charge in [0.15, 0.2) is 0 Å². The van der Waals surface area contributed by atoms with Crippen LogP contribution >= 0.6 is 11.6 Å². The fourth-order valence-electron chi connectivity index (χ4n) is 5.62. The van der Waals surface area contributed by atoms with E-state index in [0.717, 1.165) is 42.5 Å². The highest BCUT2D eigenvalue weighted by Crippen LogP contribution is 2.46. The molecule has 2 aliphatic rings. The Balaban J connectivity index is 1.40. The topological polar surface area (TPSA) is 67.2 Å². The molecule has 4 aromatic rings. The zero-order chi connectivity index (χ0) is 24.0. The lowest BCUT2D eigenvalue weighted by Crippen LogP contribution is -2.44. The summed E-state index contributed by atoms with van der Waals surface area (Å²) in [4.78, 5) is 33.1. The molecular weight excluding hydrogens is 460 g/mol. The number of pyridine rings is 1. The Bertz CT molecular complexity index is 1440. The number of nitrogens with zero attached hydrogens (tertiary/aromatic N) is 3. The maximum atomic E-state index is 14.1. The van der Waals surface area contributed by atoms with E-state index < -0.39 is 0 Å². The molecule has 0 saturated carbocycles. The third-order valence-corrected chi connectivity index (χ3v) is 7.61. The van der Waals surface area contributed by atoms with Crippen molar-refractivity contribution in [2.75, 3.05) is 24.5 Å². The number of carbonyl (C=O) groups is 2. The largest absolute Gasteiger partial charge is 0.339 e. The van der Waals surface area contributed by atoms with Gasteiger partial charge in [-0.15, -0.1) is 0 Å². The third kappa shape index (κ3) is 3.74. The molecule has 0 bridgehead atoms. The molecule has 2 aromatic carbocycles. The summed E-state index contributed by atoms with van der Waals surface area (Å²) >= 11 is 6.31. The minimum absolute atomic E-state index is 0.0197. The Morgan fingerprint density at radius 1 is 1.03 bits per heavy atom. The summed E-state index contributed by atoms with van der Waals surface area (Å²) < 4.78 is 1.81. The van der Waals surface area contributed by atoms with Crippen LogP contribution in [0.15, 0.2) is 73.1 Å². The average molecular weight is 485 g/mol. The monoisotopic (exact) mass is 484 g/mol. The smallest absolute Gasteiger partial charge is 0.260 e. The van der Waals surface area contributed by atoms with Gasteiger partial charge in [0.2, 0.25) is 5.78 Å². The number of fused-ring (bicyclic) bond motifs is 3. The number of amides is 1. The van der Waals surface area contributed by atoms with Crippen LogP contribution in [-0.2, 0) is 12.0 Å². The molecule has 176 valence electrons. The molecule has 1 saturated heterocycles. The van der Waals surface area contributed by atoms with Crippen molar-refractivity contribution in [2.24, 2.45) is 0 Å². The number of Topliss-reactive ketones (excluding diaryl/α,β-unsaturated/α-hetero) is 1. The summed E-state index contributed by atoms with van der Waals surface area (Å²) in [7, 11) is 0. The summed E-state index contributed by atoms with van der Waals surface area (Å²) in [6.45, 7) is 2.64. The number of halogens is 1. The van der Waals surface area contributed by atoms with Crippen LogP contribution in [0, 0.1) is 0 Å². The Kier molecular flexibility index (Phi) is 5.43. The number of ketones is 1. The van der Waals surface area contributed by atoms with Crippen molar-refractivity contribution in [3.8, 4) is 0 Å². The van der Waals surface area contributed by atoms with Gasteiger partial charge in [-0.3, -0.25) is 14.6 Å². The predicted octanol–water partition coefficient (Wildman–Crippen LogP) is 4.85. The molecule has 1 N–H and O–H groups in total. The van der Waals surface area contributed by atoms with Crippen LogP contribution in [0.5, 0.6) is 0 Å². The first kappa shape index (κ1) is 22.0. The molecule has 6 rings (SSSR count). The first-order valence-electron chi connectivity index (χ1n) is 11.9. The molecule has 1 amide bonds. The zero-order valence-corrected chi connectivity index (χ0v) is 20.0. The van der Waals surface area contributed by atoms with Crippen molar-refractivity contribution in [1.29, 1.82) is 0 Å². The van der Waals surface area contributed by atoms with Crippen LogP contribution in [-0.4, -0.2) is 40.9 Å². The number of nitrogens with one attached hydrogen (secondary N) is 1.